The SMILES string of the molecule is CCC1C=NC(C(C)C2CCCCC(=O)N(C)CCC2)=CC(C(=N)c2cccc(OCCOC)c2)=C1. The number of allylic oxidation sites excluding steroid dienone is 4. The second kappa shape index (κ2) is 14.1. The molecule has 6 nitrogen and oxygen atoms in total. The molecule has 0 bridgehead atoms. The molecule has 3 atom stereocenters. The maximum absolute atomic E-state index is 12.2. The zero-order valence-corrected chi connectivity index (χ0v) is 22.5. The number of rotatable bonds is 9. The average molecular weight is 494 g/mol. The highest BCUT2D eigenvalue weighted by atomic mass is 16.5. The smallest absolute Gasteiger partial charge is 0.222 e. The van der Waals surface area contributed by atoms with Gasteiger partial charge in [0.15, 0.2) is 0 Å². The summed E-state index contributed by atoms with van der Waals surface area (Å²) >= 11 is 0. The van der Waals surface area contributed by atoms with Crippen LogP contribution in [0.3, 0.4) is 0 Å². The number of hydrogen-bond donors (Lipinski definition) is 1. The van der Waals surface area contributed by atoms with E-state index in [1.807, 2.05) is 36.2 Å². The van der Waals surface area contributed by atoms with Gasteiger partial charge < -0.3 is 14.4 Å². The molecular weight excluding hydrogens is 450 g/mol. The maximum atomic E-state index is 12.2. The molecule has 3 unspecified atom stereocenters. The molecule has 6 heteroatoms. The van der Waals surface area contributed by atoms with E-state index in [0.29, 0.717) is 31.3 Å². The Morgan fingerprint density at radius 2 is 2.03 bits per heavy atom. The summed E-state index contributed by atoms with van der Waals surface area (Å²) in [5, 5.41) is 9.04. The minimum Gasteiger partial charge on any atom is -0.491 e. The molecule has 36 heavy (non-hydrogen) atoms. The van der Waals surface area contributed by atoms with E-state index in [-0.39, 0.29) is 17.7 Å². The molecule has 2 aliphatic heterocycles. The van der Waals surface area contributed by atoms with Crippen LogP contribution < -0.4 is 4.74 Å². The quantitative estimate of drug-likeness (QED) is 0.335. The molecule has 0 radical (unpaired) electrons. The summed E-state index contributed by atoms with van der Waals surface area (Å²) in [5.41, 5.74) is 3.30. The lowest BCUT2D eigenvalue weighted by atomic mass is 9.82. The first kappa shape index (κ1) is 27.9. The number of carbonyl (C=O) groups is 1. The Morgan fingerprint density at radius 3 is 2.81 bits per heavy atom. The molecule has 0 aromatic heterocycles. The minimum atomic E-state index is 0.200. The predicted molar refractivity (Wildman–Crippen MR) is 147 cm³/mol. The molecule has 0 spiro atoms. The van der Waals surface area contributed by atoms with Crippen molar-refractivity contribution in [1.29, 1.82) is 5.41 Å². The minimum absolute atomic E-state index is 0.200. The van der Waals surface area contributed by atoms with E-state index in [9.17, 15) is 4.79 Å². The molecule has 1 N–H and O–H groups in total. The van der Waals surface area contributed by atoms with E-state index in [1.54, 1.807) is 7.11 Å². The molecular formula is C30H43N3O3. The van der Waals surface area contributed by atoms with Gasteiger partial charge in [0.05, 0.1) is 12.3 Å². The lowest BCUT2D eigenvalue weighted by molar-refractivity contribution is -0.130. The number of carbonyl (C=O) groups excluding carboxylic acids is 1. The summed E-state index contributed by atoms with van der Waals surface area (Å²) in [4.78, 5) is 19.0. The van der Waals surface area contributed by atoms with E-state index in [4.69, 9.17) is 19.9 Å². The van der Waals surface area contributed by atoms with Crippen molar-refractivity contribution in [3.63, 3.8) is 0 Å². The Balaban J connectivity index is 1.80. The Hall–Kier alpha value is -2.73. The average Bonchev–Trinajstić information content (AvgIpc) is 3.12. The summed E-state index contributed by atoms with van der Waals surface area (Å²) in [6, 6.07) is 7.75. The molecule has 1 aromatic rings. The molecule has 196 valence electrons. The molecule has 0 aliphatic carbocycles. The van der Waals surface area contributed by atoms with Gasteiger partial charge in [-0.2, -0.15) is 0 Å². The van der Waals surface area contributed by atoms with Gasteiger partial charge in [0.25, 0.3) is 0 Å². The second-order valence-electron chi connectivity index (χ2n) is 10.0. The van der Waals surface area contributed by atoms with Crippen molar-refractivity contribution < 1.29 is 14.3 Å². The van der Waals surface area contributed by atoms with Crippen LogP contribution in [-0.2, 0) is 9.53 Å². The number of methoxy groups -OCH3 is 1. The van der Waals surface area contributed by atoms with Crippen molar-refractivity contribution in [3.05, 3.63) is 53.3 Å². The highest BCUT2D eigenvalue weighted by Gasteiger charge is 2.24. The normalized spacial score (nSPS) is 22.3. The Labute approximate surface area is 217 Å². The highest BCUT2D eigenvalue weighted by Crippen LogP contribution is 2.33. The molecule has 1 aromatic carbocycles. The van der Waals surface area contributed by atoms with Crippen LogP contribution in [0.5, 0.6) is 5.75 Å². The third-order valence-electron chi connectivity index (χ3n) is 7.43. The number of amides is 1. The summed E-state index contributed by atoms with van der Waals surface area (Å²) < 4.78 is 10.9. The lowest BCUT2D eigenvalue weighted by Crippen LogP contribution is -2.29. The molecule has 1 amide bonds. The van der Waals surface area contributed by atoms with Crippen LogP contribution >= 0.6 is 0 Å². The van der Waals surface area contributed by atoms with Crippen LogP contribution in [0.25, 0.3) is 0 Å². The number of ether oxygens (including phenoxy) is 2. The number of aliphatic imine (C=N–C) groups is 1. The zero-order chi connectivity index (χ0) is 25.9. The third-order valence-corrected chi connectivity index (χ3v) is 7.43. The first-order valence-electron chi connectivity index (χ1n) is 13.5. The van der Waals surface area contributed by atoms with Crippen molar-refractivity contribution in [2.24, 2.45) is 22.7 Å². The van der Waals surface area contributed by atoms with Gasteiger partial charge in [0.1, 0.15) is 12.4 Å². The summed E-state index contributed by atoms with van der Waals surface area (Å²) in [5.74, 6) is 2.02. The summed E-state index contributed by atoms with van der Waals surface area (Å²) in [7, 11) is 3.58. The van der Waals surface area contributed by atoms with E-state index >= 15 is 0 Å². The Bertz CT molecular complexity index is 981. The van der Waals surface area contributed by atoms with E-state index < -0.39 is 0 Å². The summed E-state index contributed by atoms with van der Waals surface area (Å²) in [6.07, 6.45) is 13.2. The standard InChI is InChI=1S/C30H43N3O3/c1-5-23-18-26(30(31)25-11-8-13-27(19-25)36-17-16-35-4)20-28(32-21-23)22(2)24-10-6-7-14-29(34)33(3)15-9-12-24/h8,11,13,18-24,31H,5-7,9-10,12,14-17H2,1-4H3. The first-order valence-corrected chi connectivity index (χ1v) is 13.5. The van der Waals surface area contributed by atoms with Crippen LogP contribution in [0.4, 0.5) is 0 Å². The predicted octanol–water partition coefficient (Wildman–Crippen LogP) is 6.07. The van der Waals surface area contributed by atoms with Gasteiger partial charge in [0.2, 0.25) is 5.91 Å². The lowest BCUT2D eigenvalue weighted by Gasteiger charge is -2.27. The van der Waals surface area contributed by atoms with Gasteiger partial charge in [-0.25, -0.2) is 0 Å². The zero-order valence-electron chi connectivity index (χ0n) is 22.5. The Kier molecular flexibility index (Phi) is 10.9. The van der Waals surface area contributed by atoms with Crippen molar-refractivity contribution in [2.75, 3.05) is 33.9 Å². The van der Waals surface area contributed by atoms with Gasteiger partial charge in [-0.15, -0.1) is 0 Å². The van der Waals surface area contributed by atoms with Gasteiger partial charge in [-0.05, 0) is 61.8 Å². The Morgan fingerprint density at radius 1 is 1.22 bits per heavy atom. The second-order valence-corrected chi connectivity index (χ2v) is 10.0. The van der Waals surface area contributed by atoms with Crippen molar-refractivity contribution in [2.45, 2.75) is 58.8 Å². The van der Waals surface area contributed by atoms with Crippen LogP contribution in [0, 0.1) is 23.2 Å². The maximum Gasteiger partial charge on any atom is 0.222 e. The number of hydrogen-bond acceptors (Lipinski definition) is 5. The highest BCUT2D eigenvalue weighted by molar-refractivity contribution is 6.13. The fraction of sp³-hybridized carbons (Fsp3) is 0.567. The van der Waals surface area contributed by atoms with Crippen LogP contribution in [0.2, 0.25) is 0 Å². The van der Waals surface area contributed by atoms with Gasteiger partial charge in [0, 0.05) is 56.4 Å². The van der Waals surface area contributed by atoms with Crippen molar-refractivity contribution >= 4 is 17.8 Å². The molecule has 0 saturated carbocycles. The van der Waals surface area contributed by atoms with E-state index in [0.717, 1.165) is 67.7 Å². The monoisotopic (exact) mass is 493 g/mol. The van der Waals surface area contributed by atoms with E-state index in [2.05, 4.69) is 32.2 Å². The molecule has 2 heterocycles. The summed E-state index contributed by atoms with van der Waals surface area (Å²) in [6.45, 7) is 6.27. The van der Waals surface area contributed by atoms with Gasteiger partial charge in [-0.1, -0.05) is 38.5 Å². The van der Waals surface area contributed by atoms with Gasteiger partial charge in [-0.3, -0.25) is 15.2 Å². The van der Waals surface area contributed by atoms with Crippen LogP contribution in [0.15, 0.2) is 52.7 Å². The molecule has 2 aliphatic rings. The molecule has 1 fully saturated rings. The number of nitrogens with one attached hydrogen (secondary N) is 1. The van der Waals surface area contributed by atoms with Crippen molar-refractivity contribution in [1.82, 2.24) is 4.90 Å². The molecule has 3 rings (SSSR count). The third kappa shape index (κ3) is 7.89. The van der Waals surface area contributed by atoms with Crippen molar-refractivity contribution in [3.8, 4) is 5.75 Å². The first-order chi connectivity index (χ1) is 17.4. The fourth-order valence-electron chi connectivity index (χ4n) is 4.95. The number of nitrogens with zero attached hydrogens (tertiary/aromatic N) is 2. The van der Waals surface area contributed by atoms with Crippen LogP contribution in [0.1, 0.15) is 64.4 Å². The van der Waals surface area contributed by atoms with Crippen LogP contribution in [-0.4, -0.2) is 56.6 Å². The fourth-order valence-corrected chi connectivity index (χ4v) is 4.95. The molecule has 1 saturated heterocycles. The number of benzene rings is 1. The van der Waals surface area contributed by atoms with E-state index in [1.165, 1.54) is 0 Å². The topological polar surface area (TPSA) is 75.0 Å². The largest absolute Gasteiger partial charge is 0.491 e. The van der Waals surface area contributed by atoms with Gasteiger partial charge >= 0.3 is 0 Å².